The van der Waals surface area contributed by atoms with Gasteiger partial charge in [-0.3, -0.25) is 0 Å². The zero-order chi connectivity index (χ0) is 12.0. The molecule has 86 valence electrons. The van der Waals surface area contributed by atoms with Crippen LogP contribution in [0, 0.1) is 12.3 Å². The maximum Gasteiger partial charge on any atom is 0.143 e. The smallest absolute Gasteiger partial charge is 0.143 e. The highest BCUT2D eigenvalue weighted by Gasteiger charge is 2.05. The zero-order valence-corrected chi connectivity index (χ0v) is 11.9. The number of hydrogen-bond acceptors (Lipinski definition) is 2. The summed E-state index contributed by atoms with van der Waals surface area (Å²) < 4.78 is 1.39. The van der Waals surface area contributed by atoms with Gasteiger partial charge in [-0.2, -0.15) is 0 Å². The largest absolute Gasteiger partial charge is 0.506 e. The first-order chi connectivity index (χ1) is 7.65. The average Bonchev–Trinajstić information content (AvgIpc) is 2.25. The fourth-order valence-corrected chi connectivity index (χ4v) is 2.55. The van der Waals surface area contributed by atoms with Gasteiger partial charge < -0.3 is 10.4 Å². The van der Waals surface area contributed by atoms with E-state index in [-0.39, 0.29) is 5.75 Å². The van der Waals surface area contributed by atoms with E-state index in [0.29, 0.717) is 8.95 Å². The Kier molecular flexibility index (Phi) is 5.89. The van der Waals surface area contributed by atoms with E-state index in [2.05, 4.69) is 43.1 Å². The van der Waals surface area contributed by atoms with Crippen LogP contribution >= 0.6 is 31.9 Å². The van der Waals surface area contributed by atoms with Crippen LogP contribution < -0.4 is 5.32 Å². The van der Waals surface area contributed by atoms with Gasteiger partial charge >= 0.3 is 0 Å². The molecule has 0 unspecified atom stereocenters. The summed E-state index contributed by atoms with van der Waals surface area (Å²) in [5.74, 6) is 2.84. The molecule has 0 bridgehead atoms. The Labute approximate surface area is 113 Å². The predicted octanol–water partition coefficient (Wildman–Crippen LogP) is 3.42. The Morgan fingerprint density at radius 2 is 1.94 bits per heavy atom. The van der Waals surface area contributed by atoms with Crippen LogP contribution in [0.25, 0.3) is 0 Å². The number of benzene rings is 1. The molecular formula is C12H13Br2NO. The van der Waals surface area contributed by atoms with Crippen LogP contribution in [0.15, 0.2) is 21.1 Å². The Hall–Kier alpha value is -0.500. The first-order valence-electron chi connectivity index (χ1n) is 4.96. The highest BCUT2D eigenvalue weighted by Crippen LogP contribution is 2.33. The lowest BCUT2D eigenvalue weighted by Gasteiger charge is -2.07. The second-order valence-electron chi connectivity index (χ2n) is 3.39. The minimum atomic E-state index is 0.232. The molecule has 4 heteroatoms. The van der Waals surface area contributed by atoms with Crippen molar-refractivity contribution in [2.45, 2.75) is 19.4 Å². The molecule has 2 nitrogen and oxygen atoms in total. The van der Waals surface area contributed by atoms with Crippen LogP contribution in [-0.4, -0.2) is 11.7 Å². The summed E-state index contributed by atoms with van der Waals surface area (Å²) >= 11 is 6.59. The number of aromatic hydroxyl groups is 1. The van der Waals surface area contributed by atoms with Gasteiger partial charge in [-0.05, 0) is 62.5 Å². The summed E-state index contributed by atoms with van der Waals surface area (Å²) in [6.45, 7) is 1.67. The molecule has 0 atom stereocenters. The normalized spacial score (nSPS) is 10.1. The predicted molar refractivity (Wildman–Crippen MR) is 73.3 cm³/mol. The molecule has 2 N–H and O–H groups in total. The molecule has 0 saturated carbocycles. The number of halogens is 2. The van der Waals surface area contributed by atoms with E-state index in [4.69, 9.17) is 6.42 Å². The first kappa shape index (κ1) is 13.6. The third kappa shape index (κ3) is 4.17. The second-order valence-corrected chi connectivity index (χ2v) is 5.10. The summed E-state index contributed by atoms with van der Waals surface area (Å²) in [5.41, 5.74) is 1.11. The Morgan fingerprint density at radius 3 is 2.50 bits per heavy atom. The Balaban J connectivity index is 2.46. The van der Waals surface area contributed by atoms with Crippen molar-refractivity contribution in [1.82, 2.24) is 5.32 Å². The van der Waals surface area contributed by atoms with Crippen molar-refractivity contribution >= 4 is 31.9 Å². The molecule has 1 rings (SSSR count). The Morgan fingerprint density at radius 1 is 1.31 bits per heavy atom. The molecule has 16 heavy (non-hydrogen) atoms. The summed E-state index contributed by atoms with van der Waals surface area (Å²) in [5, 5.41) is 12.8. The van der Waals surface area contributed by atoms with Crippen LogP contribution in [0.1, 0.15) is 18.4 Å². The SMILES string of the molecule is C#CCCCNCc1cc(Br)c(O)c(Br)c1. The van der Waals surface area contributed by atoms with E-state index in [1.807, 2.05) is 12.1 Å². The van der Waals surface area contributed by atoms with Gasteiger partial charge in [-0.1, -0.05) is 0 Å². The van der Waals surface area contributed by atoms with Gasteiger partial charge in [-0.25, -0.2) is 0 Å². The van der Waals surface area contributed by atoms with Gasteiger partial charge in [0, 0.05) is 13.0 Å². The number of phenols is 1. The summed E-state index contributed by atoms with van der Waals surface area (Å²) in [7, 11) is 0. The monoisotopic (exact) mass is 345 g/mol. The molecule has 0 saturated heterocycles. The van der Waals surface area contributed by atoms with Gasteiger partial charge in [0.25, 0.3) is 0 Å². The van der Waals surface area contributed by atoms with E-state index < -0.39 is 0 Å². The van der Waals surface area contributed by atoms with Crippen molar-refractivity contribution in [3.05, 3.63) is 26.6 Å². The van der Waals surface area contributed by atoms with Crippen molar-refractivity contribution in [2.75, 3.05) is 6.54 Å². The number of nitrogens with one attached hydrogen (secondary N) is 1. The van der Waals surface area contributed by atoms with E-state index in [1.165, 1.54) is 0 Å². The van der Waals surface area contributed by atoms with Crippen LogP contribution in [0.5, 0.6) is 5.75 Å². The van der Waals surface area contributed by atoms with Crippen molar-refractivity contribution in [1.29, 1.82) is 0 Å². The van der Waals surface area contributed by atoms with Gasteiger partial charge in [0.2, 0.25) is 0 Å². The molecule has 0 radical (unpaired) electrons. The highest BCUT2D eigenvalue weighted by molar-refractivity contribution is 9.11. The van der Waals surface area contributed by atoms with Crippen LogP contribution in [-0.2, 0) is 6.54 Å². The van der Waals surface area contributed by atoms with Gasteiger partial charge in [-0.15, -0.1) is 12.3 Å². The summed E-state index contributed by atoms with van der Waals surface area (Å²) in [6.07, 6.45) is 6.94. The van der Waals surface area contributed by atoms with Gasteiger partial charge in [0.15, 0.2) is 0 Å². The molecule has 1 aromatic rings. The number of terminal acetylenes is 1. The van der Waals surface area contributed by atoms with Gasteiger partial charge in [0.1, 0.15) is 5.75 Å². The molecule has 0 amide bonds. The minimum absolute atomic E-state index is 0.232. The molecular weight excluding hydrogens is 334 g/mol. The molecule has 1 aromatic carbocycles. The first-order valence-corrected chi connectivity index (χ1v) is 6.55. The molecule has 0 aliphatic rings. The second kappa shape index (κ2) is 6.95. The fraction of sp³-hybridized carbons (Fsp3) is 0.333. The molecule has 0 aliphatic heterocycles. The minimum Gasteiger partial charge on any atom is -0.506 e. The lowest BCUT2D eigenvalue weighted by atomic mass is 10.2. The van der Waals surface area contributed by atoms with E-state index in [1.54, 1.807) is 0 Å². The topological polar surface area (TPSA) is 32.3 Å². The van der Waals surface area contributed by atoms with Crippen molar-refractivity contribution < 1.29 is 5.11 Å². The van der Waals surface area contributed by atoms with Crippen molar-refractivity contribution in [2.24, 2.45) is 0 Å². The van der Waals surface area contributed by atoms with E-state index >= 15 is 0 Å². The number of phenolic OH excluding ortho intramolecular Hbond substituents is 1. The quantitative estimate of drug-likeness (QED) is 0.632. The summed E-state index contributed by atoms with van der Waals surface area (Å²) in [6, 6.07) is 3.79. The van der Waals surface area contributed by atoms with Crippen molar-refractivity contribution in [3.63, 3.8) is 0 Å². The van der Waals surface area contributed by atoms with Gasteiger partial charge in [0.05, 0.1) is 8.95 Å². The van der Waals surface area contributed by atoms with Crippen molar-refractivity contribution in [3.8, 4) is 18.1 Å². The maximum atomic E-state index is 9.54. The van der Waals surface area contributed by atoms with Crippen LogP contribution in [0.4, 0.5) is 0 Å². The average molecular weight is 347 g/mol. The van der Waals surface area contributed by atoms with Crippen LogP contribution in [0.3, 0.4) is 0 Å². The van der Waals surface area contributed by atoms with Crippen LogP contribution in [0.2, 0.25) is 0 Å². The number of unbranched alkanes of at least 4 members (excludes halogenated alkanes) is 1. The van der Waals surface area contributed by atoms with E-state index in [0.717, 1.165) is 31.5 Å². The van der Waals surface area contributed by atoms with E-state index in [9.17, 15) is 5.11 Å². The highest BCUT2D eigenvalue weighted by atomic mass is 79.9. The lowest BCUT2D eigenvalue weighted by Crippen LogP contribution is -2.14. The Bertz CT molecular complexity index is 375. The third-order valence-electron chi connectivity index (χ3n) is 2.08. The fourth-order valence-electron chi connectivity index (χ4n) is 1.27. The third-order valence-corrected chi connectivity index (χ3v) is 3.29. The maximum absolute atomic E-state index is 9.54. The molecule has 0 heterocycles. The molecule has 0 aliphatic carbocycles. The standard InChI is InChI=1S/C12H13Br2NO/c1-2-3-4-5-15-8-9-6-10(13)12(16)11(14)7-9/h1,6-7,15-16H,3-5,8H2. The number of rotatable bonds is 5. The molecule has 0 fully saturated rings. The molecule has 0 spiro atoms. The zero-order valence-electron chi connectivity index (χ0n) is 8.76. The summed E-state index contributed by atoms with van der Waals surface area (Å²) in [4.78, 5) is 0. The lowest BCUT2D eigenvalue weighted by molar-refractivity contribution is 0.468. The molecule has 0 aromatic heterocycles. The number of hydrogen-bond donors (Lipinski definition) is 2.